The van der Waals surface area contributed by atoms with Crippen LogP contribution >= 0.6 is 0 Å². The van der Waals surface area contributed by atoms with Gasteiger partial charge in [0, 0.05) is 26.2 Å². The summed E-state index contributed by atoms with van der Waals surface area (Å²) in [6.45, 7) is 2.43. The largest absolute Gasteiger partial charge is 0.339 e. The van der Waals surface area contributed by atoms with Crippen LogP contribution in [0.5, 0.6) is 0 Å². The van der Waals surface area contributed by atoms with Crippen LogP contribution in [0.1, 0.15) is 0 Å². The summed E-state index contributed by atoms with van der Waals surface area (Å²) in [5.41, 5.74) is 0. The maximum Gasteiger partial charge on any atom is 0.238 e. The van der Waals surface area contributed by atoms with Crippen LogP contribution < -0.4 is 0 Å². The minimum atomic E-state index is -3.93. The summed E-state index contributed by atoms with van der Waals surface area (Å²) in [5, 5.41) is 0. The number of hydrogen-bond donors (Lipinski definition) is 0. The zero-order valence-corrected chi connectivity index (χ0v) is 12.1. The van der Waals surface area contributed by atoms with Gasteiger partial charge in [-0.25, -0.2) is 12.8 Å². The van der Waals surface area contributed by atoms with E-state index < -0.39 is 32.2 Å². The lowest BCUT2D eigenvalue weighted by Crippen LogP contribution is -2.48. The quantitative estimate of drug-likeness (QED) is 0.809. The van der Waals surface area contributed by atoms with Crippen LogP contribution in [0.4, 0.5) is 4.39 Å². The molecule has 0 radical (unpaired) electrons. The number of piperazine rings is 1. The third-order valence-electron chi connectivity index (χ3n) is 3.34. The Hall–Kier alpha value is -1.47. The number of amides is 1. The molecule has 0 N–H and O–H groups in total. The van der Waals surface area contributed by atoms with E-state index >= 15 is 0 Å². The fraction of sp³-hybridized carbons (Fsp3) is 0.462. The van der Waals surface area contributed by atoms with Crippen LogP contribution in [0.15, 0.2) is 29.2 Å². The van der Waals surface area contributed by atoms with Gasteiger partial charge in [-0.05, 0) is 19.2 Å². The Bertz CT molecular complexity index is 595. The molecule has 2 rings (SSSR count). The number of benzene rings is 1. The molecule has 0 bridgehead atoms. The van der Waals surface area contributed by atoms with Gasteiger partial charge < -0.3 is 9.80 Å². The second-order valence-electron chi connectivity index (χ2n) is 4.87. The van der Waals surface area contributed by atoms with E-state index in [4.69, 9.17) is 0 Å². The van der Waals surface area contributed by atoms with E-state index in [0.717, 1.165) is 6.07 Å². The number of hydrogen-bond acceptors (Lipinski definition) is 4. The molecule has 0 saturated carbocycles. The predicted octanol–water partition coefficient (Wildman–Crippen LogP) is 0.373. The van der Waals surface area contributed by atoms with Crippen LogP contribution in [0.25, 0.3) is 0 Å². The molecule has 1 aliphatic rings. The van der Waals surface area contributed by atoms with E-state index in [0.29, 0.717) is 26.2 Å². The van der Waals surface area contributed by atoms with Crippen LogP contribution in [-0.4, -0.2) is 63.1 Å². The Morgan fingerprint density at radius 2 is 1.80 bits per heavy atom. The number of rotatable bonds is 3. The molecule has 5 nitrogen and oxygen atoms in total. The second kappa shape index (κ2) is 5.88. The Morgan fingerprint density at radius 3 is 2.40 bits per heavy atom. The lowest BCUT2D eigenvalue weighted by molar-refractivity contribution is -0.129. The molecule has 110 valence electrons. The van der Waals surface area contributed by atoms with Crippen molar-refractivity contribution >= 4 is 15.7 Å². The summed E-state index contributed by atoms with van der Waals surface area (Å²) in [6, 6.07) is 5.11. The average molecular weight is 300 g/mol. The predicted molar refractivity (Wildman–Crippen MR) is 72.5 cm³/mol. The summed E-state index contributed by atoms with van der Waals surface area (Å²) in [5.74, 6) is -1.97. The molecule has 0 aliphatic carbocycles. The number of sulfone groups is 1. The highest BCUT2D eigenvalue weighted by atomic mass is 32.2. The smallest absolute Gasteiger partial charge is 0.238 e. The minimum Gasteiger partial charge on any atom is -0.339 e. The summed E-state index contributed by atoms with van der Waals surface area (Å²) >= 11 is 0. The van der Waals surface area contributed by atoms with Gasteiger partial charge in [0.1, 0.15) is 16.5 Å². The van der Waals surface area contributed by atoms with Gasteiger partial charge in [-0.15, -0.1) is 0 Å². The van der Waals surface area contributed by atoms with E-state index in [9.17, 15) is 17.6 Å². The van der Waals surface area contributed by atoms with Crippen molar-refractivity contribution in [2.75, 3.05) is 39.0 Å². The van der Waals surface area contributed by atoms with E-state index in [2.05, 4.69) is 4.90 Å². The first-order chi connectivity index (χ1) is 9.40. The summed E-state index contributed by atoms with van der Waals surface area (Å²) in [7, 11) is -1.99. The first-order valence-corrected chi connectivity index (χ1v) is 7.99. The third-order valence-corrected chi connectivity index (χ3v) is 4.97. The van der Waals surface area contributed by atoms with Crippen molar-refractivity contribution in [1.29, 1.82) is 0 Å². The fourth-order valence-corrected chi connectivity index (χ4v) is 3.40. The highest BCUT2D eigenvalue weighted by Crippen LogP contribution is 2.16. The van der Waals surface area contributed by atoms with Crippen molar-refractivity contribution in [2.24, 2.45) is 0 Å². The number of halogens is 1. The Balaban J connectivity index is 2.09. The van der Waals surface area contributed by atoms with E-state index in [1.165, 1.54) is 23.1 Å². The summed E-state index contributed by atoms with van der Waals surface area (Å²) < 4.78 is 37.7. The van der Waals surface area contributed by atoms with Crippen molar-refractivity contribution in [3.8, 4) is 0 Å². The maximum atomic E-state index is 13.5. The topological polar surface area (TPSA) is 57.7 Å². The van der Waals surface area contributed by atoms with Gasteiger partial charge in [0.25, 0.3) is 0 Å². The molecule has 0 aromatic heterocycles. The molecule has 1 aromatic carbocycles. The zero-order chi connectivity index (χ0) is 14.8. The first kappa shape index (κ1) is 14.9. The highest BCUT2D eigenvalue weighted by Gasteiger charge is 2.27. The standard InChI is InChI=1S/C13H17FN2O3S/c1-15-6-8-16(9-7-15)13(17)10-20(18,19)12-5-3-2-4-11(12)14/h2-5H,6-10H2,1H3. The van der Waals surface area contributed by atoms with E-state index in [-0.39, 0.29) is 0 Å². The van der Waals surface area contributed by atoms with Crippen LogP contribution in [-0.2, 0) is 14.6 Å². The molecule has 7 heteroatoms. The molecule has 1 aromatic rings. The SMILES string of the molecule is CN1CCN(C(=O)CS(=O)(=O)c2ccccc2F)CC1. The van der Waals surface area contributed by atoms with E-state index in [1.807, 2.05) is 7.05 Å². The van der Waals surface area contributed by atoms with Crippen LogP contribution in [0.2, 0.25) is 0 Å². The van der Waals surface area contributed by atoms with Crippen molar-refractivity contribution in [3.63, 3.8) is 0 Å². The number of likely N-dealkylation sites (N-methyl/N-ethyl adjacent to an activating group) is 1. The van der Waals surface area contributed by atoms with Crippen molar-refractivity contribution in [3.05, 3.63) is 30.1 Å². The maximum absolute atomic E-state index is 13.5. The Morgan fingerprint density at radius 1 is 1.20 bits per heavy atom. The van der Waals surface area contributed by atoms with Gasteiger partial charge in [-0.2, -0.15) is 0 Å². The third kappa shape index (κ3) is 3.34. The molecule has 1 heterocycles. The van der Waals surface area contributed by atoms with Gasteiger partial charge in [0.15, 0.2) is 9.84 Å². The number of nitrogens with zero attached hydrogens (tertiary/aromatic N) is 2. The van der Waals surface area contributed by atoms with Crippen molar-refractivity contribution < 1.29 is 17.6 Å². The van der Waals surface area contributed by atoms with Gasteiger partial charge in [-0.1, -0.05) is 12.1 Å². The second-order valence-corrected chi connectivity index (χ2v) is 6.83. The summed E-state index contributed by atoms with van der Waals surface area (Å²) in [6.07, 6.45) is 0. The molecule has 0 atom stereocenters. The fourth-order valence-electron chi connectivity index (χ4n) is 2.08. The molecular weight excluding hydrogens is 283 g/mol. The molecule has 1 amide bonds. The van der Waals surface area contributed by atoms with Gasteiger partial charge in [-0.3, -0.25) is 4.79 Å². The van der Waals surface area contributed by atoms with Gasteiger partial charge in [0.05, 0.1) is 0 Å². The Kier molecular flexibility index (Phi) is 4.39. The van der Waals surface area contributed by atoms with Crippen molar-refractivity contribution in [2.45, 2.75) is 4.90 Å². The molecule has 1 fully saturated rings. The minimum absolute atomic E-state index is 0.414. The lowest BCUT2D eigenvalue weighted by atomic mass is 10.3. The van der Waals surface area contributed by atoms with Gasteiger partial charge in [0.2, 0.25) is 5.91 Å². The molecule has 1 aliphatic heterocycles. The number of carbonyl (C=O) groups is 1. The highest BCUT2D eigenvalue weighted by molar-refractivity contribution is 7.92. The molecular formula is C13H17FN2O3S. The Labute approximate surface area is 117 Å². The zero-order valence-electron chi connectivity index (χ0n) is 11.3. The molecule has 20 heavy (non-hydrogen) atoms. The summed E-state index contributed by atoms with van der Waals surface area (Å²) in [4.78, 5) is 15.2. The van der Waals surface area contributed by atoms with Gasteiger partial charge >= 0.3 is 0 Å². The van der Waals surface area contributed by atoms with Crippen LogP contribution in [0.3, 0.4) is 0 Å². The molecule has 1 saturated heterocycles. The normalized spacial score (nSPS) is 17.2. The first-order valence-electron chi connectivity index (χ1n) is 6.34. The average Bonchev–Trinajstić information content (AvgIpc) is 2.39. The van der Waals surface area contributed by atoms with Crippen molar-refractivity contribution in [1.82, 2.24) is 9.80 Å². The molecule has 0 spiro atoms. The van der Waals surface area contributed by atoms with Crippen LogP contribution in [0, 0.1) is 5.82 Å². The number of carbonyl (C=O) groups excluding carboxylic acids is 1. The lowest BCUT2D eigenvalue weighted by Gasteiger charge is -2.32. The monoisotopic (exact) mass is 300 g/mol. The van der Waals surface area contributed by atoms with E-state index in [1.54, 1.807) is 0 Å². The molecule has 0 unspecified atom stereocenters.